The third-order valence-corrected chi connectivity index (χ3v) is 6.22. The van der Waals surface area contributed by atoms with Crippen molar-refractivity contribution in [3.05, 3.63) is 94.3 Å². The number of aryl methyl sites for hydroxylation is 1. The molecule has 1 amide bonds. The Morgan fingerprint density at radius 2 is 1.74 bits per heavy atom. The summed E-state index contributed by atoms with van der Waals surface area (Å²) in [6.45, 7) is 2.04. The molecule has 0 aliphatic carbocycles. The monoisotopic (exact) mass is 533 g/mol. The van der Waals surface area contributed by atoms with Crippen LogP contribution in [0.25, 0.3) is 11.1 Å². The summed E-state index contributed by atoms with van der Waals surface area (Å²) in [5, 5.41) is 15.5. The van der Waals surface area contributed by atoms with Gasteiger partial charge in [-0.1, -0.05) is 36.4 Å². The molecule has 9 heteroatoms. The van der Waals surface area contributed by atoms with Gasteiger partial charge in [0.2, 0.25) is 0 Å². The number of amidine groups is 1. The van der Waals surface area contributed by atoms with Crippen molar-refractivity contribution in [2.75, 3.05) is 27.2 Å². The fraction of sp³-hybridized carbons (Fsp3) is 0.267. The standard InChI is InChI=1S/C30H32FN3O5/c1-19-7-4-5-8-23(19)24-12-11-21(15-22(24)18-35)30(38)34-29(32-2)20-10-13-25(26(31)16-20)27(36)17-33-14-6-9-28(37)39-3/h4-5,7-8,10-13,15-16,33,35H,6,9,14,17-18H2,1-3H3,(H,32,34,38). The van der Waals surface area contributed by atoms with E-state index in [-0.39, 0.29) is 36.9 Å². The van der Waals surface area contributed by atoms with Crippen LogP contribution in [0.5, 0.6) is 0 Å². The first-order chi connectivity index (χ1) is 18.8. The third-order valence-electron chi connectivity index (χ3n) is 6.22. The van der Waals surface area contributed by atoms with Crippen LogP contribution in [0.1, 0.15) is 50.2 Å². The summed E-state index contributed by atoms with van der Waals surface area (Å²) in [6, 6.07) is 16.8. The molecule has 8 nitrogen and oxygen atoms in total. The minimum Gasteiger partial charge on any atom is -0.469 e. The predicted molar refractivity (Wildman–Crippen MR) is 147 cm³/mol. The Balaban J connectivity index is 1.68. The van der Waals surface area contributed by atoms with Gasteiger partial charge in [-0.15, -0.1) is 0 Å². The van der Waals surface area contributed by atoms with E-state index in [1.54, 1.807) is 18.2 Å². The van der Waals surface area contributed by atoms with E-state index in [2.05, 4.69) is 20.4 Å². The Kier molecular flexibility index (Phi) is 10.6. The maximum absolute atomic E-state index is 14.8. The lowest BCUT2D eigenvalue weighted by molar-refractivity contribution is -0.140. The fourth-order valence-corrected chi connectivity index (χ4v) is 4.09. The average molecular weight is 534 g/mol. The molecule has 0 heterocycles. The molecule has 3 rings (SSSR count). The number of esters is 1. The van der Waals surface area contributed by atoms with Crippen molar-refractivity contribution < 1.29 is 28.6 Å². The van der Waals surface area contributed by atoms with Crippen molar-refractivity contribution in [3.63, 3.8) is 0 Å². The number of amides is 1. The molecule has 0 atom stereocenters. The van der Waals surface area contributed by atoms with Crippen LogP contribution in [-0.2, 0) is 16.1 Å². The quantitative estimate of drug-likeness (QED) is 0.113. The normalized spacial score (nSPS) is 11.3. The summed E-state index contributed by atoms with van der Waals surface area (Å²) in [6.07, 6.45) is 0.718. The van der Waals surface area contributed by atoms with E-state index < -0.39 is 17.5 Å². The Labute approximate surface area is 226 Å². The average Bonchev–Trinajstić information content (AvgIpc) is 2.95. The van der Waals surface area contributed by atoms with Gasteiger partial charge in [-0.05, 0) is 66.4 Å². The first-order valence-electron chi connectivity index (χ1n) is 12.5. The molecule has 0 aliphatic rings. The number of hydrogen-bond donors (Lipinski definition) is 3. The van der Waals surface area contributed by atoms with Crippen LogP contribution in [0.3, 0.4) is 0 Å². The smallest absolute Gasteiger partial charge is 0.305 e. The number of aliphatic hydroxyl groups is 1. The summed E-state index contributed by atoms with van der Waals surface area (Å²) >= 11 is 0. The first-order valence-corrected chi connectivity index (χ1v) is 12.5. The molecule has 0 aliphatic heterocycles. The Bertz CT molecular complexity index is 1390. The number of hydrogen-bond acceptors (Lipinski definition) is 7. The van der Waals surface area contributed by atoms with Crippen LogP contribution in [0.4, 0.5) is 4.39 Å². The topological polar surface area (TPSA) is 117 Å². The second-order valence-electron chi connectivity index (χ2n) is 8.85. The van der Waals surface area contributed by atoms with Crippen molar-refractivity contribution in [1.29, 1.82) is 0 Å². The zero-order valence-corrected chi connectivity index (χ0v) is 22.2. The number of nitrogens with one attached hydrogen (secondary N) is 2. The van der Waals surface area contributed by atoms with Crippen LogP contribution in [0, 0.1) is 12.7 Å². The largest absolute Gasteiger partial charge is 0.469 e. The zero-order chi connectivity index (χ0) is 28.4. The molecule has 39 heavy (non-hydrogen) atoms. The van der Waals surface area contributed by atoms with Crippen LogP contribution in [0.2, 0.25) is 0 Å². The van der Waals surface area contributed by atoms with Crippen LogP contribution in [-0.4, -0.2) is 55.8 Å². The van der Waals surface area contributed by atoms with Gasteiger partial charge in [0.15, 0.2) is 5.78 Å². The number of ketones is 1. The number of Topliss-reactive ketones (excluding diaryl/α,β-unsaturated/α-hetero) is 1. The van der Waals surface area contributed by atoms with Gasteiger partial charge in [0.05, 0.1) is 25.8 Å². The molecule has 3 aromatic carbocycles. The number of benzene rings is 3. The van der Waals surface area contributed by atoms with Gasteiger partial charge in [0, 0.05) is 24.6 Å². The third kappa shape index (κ3) is 7.66. The number of rotatable bonds is 11. The SMILES string of the molecule is CN=C(NC(=O)c1ccc(-c2ccccc2C)c(CO)c1)c1ccc(C(=O)CNCCCC(=O)OC)c(F)c1. The molecule has 0 saturated carbocycles. The summed E-state index contributed by atoms with van der Waals surface area (Å²) in [5.74, 6) is -1.86. The van der Waals surface area contributed by atoms with Crippen LogP contribution in [0.15, 0.2) is 65.7 Å². The van der Waals surface area contributed by atoms with Crippen molar-refractivity contribution in [2.45, 2.75) is 26.4 Å². The van der Waals surface area contributed by atoms with Crippen molar-refractivity contribution >= 4 is 23.5 Å². The Morgan fingerprint density at radius 1 is 1.00 bits per heavy atom. The molecule has 0 aromatic heterocycles. The Hall–Kier alpha value is -4.21. The van der Waals surface area contributed by atoms with Crippen molar-refractivity contribution in [1.82, 2.24) is 10.6 Å². The van der Waals surface area contributed by atoms with Crippen molar-refractivity contribution in [3.8, 4) is 11.1 Å². The van der Waals surface area contributed by atoms with Gasteiger partial charge in [-0.25, -0.2) is 4.39 Å². The first kappa shape index (κ1) is 29.3. The highest BCUT2D eigenvalue weighted by Crippen LogP contribution is 2.28. The lowest BCUT2D eigenvalue weighted by atomic mass is 9.94. The number of nitrogens with zero attached hydrogens (tertiary/aromatic N) is 1. The molecule has 0 unspecified atom stereocenters. The maximum atomic E-state index is 14.8. The number of aliphatic hydroxyl groups excluding tert-OH is 1. The molecule has 0 saturated heterocycles. The number of carbonyl (C=O) groups excluding carboxylic acids is 3. The highest BCUT2D eigenvalue weighted by atomic mass is 19.1. The van der Waals surface area contributed by atoms with E-state index in [1.807, 2.05) is 31.2 Å². The van der Waals surface area contributed by atoms with E-state index in [0.29, 0.717) is 29.7 Å². The predicted octanol–water partition coefficient (Wildman–Crippen LogP) is 3.83. The van der Waals surface area contributed by atoms with E-state index >= 15 is 0 Å². The fourth-order valence-electron chi connectivity index (χ4n) is 4.09. The molecule has 0 spiro atoms. The lowest BCUT2D eigenvalue weighted by Gasteiger charge is -2.14. The van der Waals surface area contributed by atoms with E-state index in [1.165, 1.54) is 26.3 Å². The highest BCUT2D eigenvalue weighted by molar-refractivity contribution is 6.13. The highest BCUT2D eigenvalue weighted by Gasteiger charge is 2.17. The molecular formula is C30H32FN3O5. The van der Waals surface area contributed by atoms with Gasteiger partial charge in [-0.3, -0.25) is 19.4 Å². The summed E-state index contributed by atoms with van der Waals surface area (Å²) in [5.41, 5.74) is 3.94. The van der Waals surface area contributed by atoms with Gasteiger partial charge in [-0.2, -0.15) is 0 Å². The molecule has 204 valence electrons. The molecule has 0 bridgehead atoms. The minimum atomic E-state index is -0.741. The number of ether oxygens (including phenoxy) is 1. The van der Waals surface area contributed by atoms with Crippen LogP contribution < -0.4 is 10.6 Å². The minimum absolute atomic E-state index is 0.0887. The maximum Gasteiger partial charge on any atom is 0.305 e. The van der Waals surface area contributed by atoms with E-state index in [0.717, 1.165) is 22.8 Å². The number of halogens is 1. The van der Waals surface area contributed by atoms with E-state index in [4.69, 9.17) is 0 Å². The molecular weight excluding hydrogens is 501 g/mol. The lowest BCUT2D eigenvalue weighted by Crippen LogP contribution is -2.31. The zero-order valence-electron chi connectivity index (χ0n) is 22.2. The second-order valence-corrected chi connectivity index (χ2v) is 8.85. The molecule has 3 aromatic rings. The summed E-state index contributed by atoms with van der Waals surface area (Å²) in [4.78, 5) is 40.6. The number of aliphatic imine (C=N–C) groups is 1. The molecule has 0 radical (unpaired) electrons. The van der Waals surface area contributed by atoms with E-state index in [9.17, 15) is 23.9 Å². The molecule has 0 fully saturated rings. The summed E-state index contributed by atoms with van der Waals surface area (Å²) < 4.78 is 19.4. The Morgan fingerprint density at radius 3 is 2.41 bits per heavy atom. The van der Waals surface area contributed by atoms with Gasteiger partial charge in [0.25, 0.3) is 5.91 Å². The van der Waals surface area contributed by atoms with Gasteiger partial charge in [0.1, 0.15) is 11.7 Å². The second kappa shape index (κ2) is 14.1. The van der Waals surface area contributed by atoms with Crippen molar-refractivity contribution in [2.24, 2.45) is 4.99 Å². The van der Waals surface area contributed by atoms with Gasteiger partial charge < -0.3 is 20.5 Å². The van der Waals surface area contributed by atoms with Gasteiger partial charge >= 0.3 is 5.97 Å². The number of carbonyl (C=O) groups is 3. The summed E-state index contributed by atoms with van der Waals surface area (Å²) in [7, 11) is 2.77. The number of methoxy groups -OCH3 is 1. The van der Waals surface area contributed by atoms with Crippen LogP contribution >= 0.6 is 0 Å². The molecule has 3 N–H and O–H groups in total.